The zero-order chi connectivity index (χ0) is 18.4. The third-order valence-corrected chi connectivity index (χ3v) is 3.59. The van der Waals surface area contributed by atoms with Crippen LogP contribution in [-0.4, -0.2) is 15.9 Å². The lowest BCUT2D eigenvalue weighted by Crippen LogP contribution is -2.44. The van der Waals surface area contributed by atoms with Crippen molar-refractivity contribution in [3.05, 3.63) is 69.0 Å². The number of amides is 1. The fourth-order valence-corrected chi connectivity index (χ4v) is 2.29. The number of hydrazine groups is 1. The standard InChI is InChI=1S/C15H12ClFN4O3S/c16-12-5-2-6-13(17)11(12)8-14(22)19-20-15(25)18-9-3-1-4-10(7-9)21(23)24/h1-7H,8H2,(H,19,22)(H2,18,20,25). The number of anilines is 1. The minimum absolute atomic E-state index is 0.00785. The van der Waals surface area contributed by atoms with E-state index in [0.717, 1.165) is 0 Å². The Kier molecular flexibility index (Phi) is 6.20. The number of rotatable bonds is 4. The van der Waals surface area contributed by atoms with Crippen LogP contribution in [0.25, 0.3) is 0 Å². The van der Waals surface area contributed by atoms with E-state index in [2.05, 4.69) is 16.2 Å². The quantitative estimate of drug-likeness (QED) is 0.427. The second-order valence-electron chi connectivity index (χ2n) is 4.81. The molecule has 0 aromatic heterocycles. The van der Waals surface area contributed by atoms with Crippen LogP contribution < -0.4 is 16.2 Å². The molecule has 25 heavy (non-hydrogen) atoms. The Morgan fingerprint density at radius 2 is 1.96 bits per heavy atom. The van der Waals surface area contributed by atoms with Gasteiger partial charge in [0.2, 0.25) is 5.91 Å². The van der Waals surface area contributed by atoms with E-state index in [4.69, 9.17) is 23.8 Å². The predicted molar refractivity (Wildman–Crippen MR) is 95.7 cm³/mol. The molecule has 3 N–H and O–H groups in total. The van der Waals surface area contributed by atoms with Crippen LogP contribution >= 0.6 is 23.8 Å². The van der Waals surface area contributed by atoms with Gasteiger partial charge in [-0.1, -0.05) is 23.7 Å². The van der Waals surface area contributed by atoms with E-state index >= 15 is 0 Å². The highest BCUT2D eigenvalue weighted by Gasteiger charge is 2.12. The monoisotopic (exact) mass is 382 g/mol. The van der Waals surface area contributed by atoms with Gasteiger partial charge in [-0.2, -0.15) is 0 Å². The van der Waals surface area contributed by atoms with Crippen molar-refractivity contribution in [2.45, 2.75) is 6.42 Å². The van der Waals surface area contributed by atoms with E-state index in [-0.39, 0.29) is 27.8 Å². The molecule has 10 heteroatoms. The first-order valence-corrected chi connectivity index (χ1v) is 7.68. The SMILES string of the molecule is O=C(Cc1c(F)cccc1Cl)NNC(=S)Nc1cccc([N+](=O)[O-])c1. The lowest BCUT2D eigenvalue weighted by atomic mass is 10.1. The highest BCUT2D eigenvalue weighted by molar-refractivity contribution is 7.80. The Morgan fingerprint density at radius 1 is 1.24 bits per heavy atom. The largest absolute Gasteiger partial charge is 0.331 e. The Hall–Kier alpha value is -2.78. The lowest BCUT2D eigenvalue weighted by Gasteiger charge is -2.12. The van der Waals surface area contributed by atoms with Gasteiger partial charge in [0.15, 0.2) is 5.11 Å². The van der Waals surface area contributed by atoms with Gasteiger partial charge in [-0.05, 0) is 30.4 Å². The maximum Gasteiger partial charge on any atom is 0.271 e. The zero-order valence-corrected chi connectivity index (χ0v) is 14.2. The number of nitro groups is 1. The maximum absolute atomic E-state index is 13.6. The Bertz CT molecular complexity index is 814. The fourth-order valence-electron chi connectivity index (χ4n) is 1.89. The summed E-state index contributed by atoms with van der Waals surface area (Å²) < 4.78 is 13.6. The van der Waals surface area contributed by atoms with E-state index in [9.17, 15) is 19.3 Å². The number of hydrogen-bond donors (Lipinski definition) is 3. The summed E-state index contributed by atoms with van der Waals surface area (Å²) >= 11 is 10.8. The summed E-state index contributed by atoms with van der Waals surface area (Å²) in [5.41, 5.74) is 5.05. The van der Waals surface area contributed by atoms with Crippen molar-refractivity contribution >= 4 is 46.2 Å². The minimum atomic E-state index is -0.583. The van der Waals surface area contributed by atoms with E-state index in [0.29, 0.717) is 5.69 Å². The maximum atomic E-state index is 13.6. The Labute approximate surface area is 152 Å². The molecular weight excluding hydrogens is 371 g/mol. The lowest BCUT2D eigenvalue weighted by molar-refractivity contribution is -0.384. The zero-order valence-electron chi connectivity index (χ0n) is 12.6. The van der Waals surface area contributed by atoms with Crippen molar-refractivity contribution in [1.82, 2.24) is 10.9 Å². The van der Waals surface area contributed by atoms with Gasteiger partial charge in [-0.3, -0.25) is 25.8 Å². The van der Waals surface area contributed by atoms with Gasteiger partial charge in [-0.15, -0.1) is 0 Å². The van der Waals surface area contributed by atoms with Crippen LogP contribution in [0.5, 0.6) is 0 Å². The highest BCUT2D eigenvalue weighted by atomic mass is 35.5. The van der Waals surface area contributed by atoms with Gasteiger partial charge < -0.3 is 5.32 Å². The number of carbonyl (C=O) groups is 1. The number of nitrogens with zero attached hydrogens (tertiary/aromatic N) is 1. The number of thiocarbonyl (C=S) groups is 1. The van der Waals surface area contributed by atoms with Crippen molar-refractivity contribution in [3.8, 4) is 0 Å². The average Bonchev–Trinajstić information content (AvgIpc) is 2.56. The summed E-state index contributed by atoms with van der Waals surface area (Å²) in [4.78, 5) is 22.0. The second-order valence-corrected chi connectivity index (χ2v) is 5.63. The van der Waals surface area contributed by atoms with Crippen LogP contribution in [0.1, 0.15) is 5.56 Å². The minimum Gasteiger partial charge on any atom is -0.331 e. The molecule has 0 saturated carbocycles. The summed E-state index contributed by atoms with van der Waals surface area (Å²) in [6.45, 7) is 0. The molecule has 7 nitrogen and oxygen atoms in total. The molecular formula is C15H12ClFN4O3S. The summed E-state index contributed by atoms with van der Waals surface area (Å²) in [5.74, 6) is -1.14. The van der Waals surface area contributed by atoms with Crippen molar-refractivity contribution in [2.75, 3.05) is 5.32 Å². The summed E-state index contributed by atoms with van der Waals surface area (Å²) in [6.07, 6.45) is -0.280. The van der Waals surface area contributed by atoms with E-state index in [1.807, 2.05) is 0 Å². The average molecular weight is 383 g/mol. The van der Waals surface area contributed by atoms with Crippen molar-refractivity contribution in [3.63, 3.8) is 0 Å². The Balaban J connectivity index is 1.88. The van der Waals surface area contributed by atoms with Crippen LogP contribution in [0.2, 0.25) is 5.02 Å². The third kappa shape index (κ3) is 5.37. The van der Waals surface area contributed by atoms with Gasteiger partial charge >= 0.3 is 0 Å². The number of halogens is 2. The van der Waals surface area contributed by atoms with Crippen molar-refractivity contribution in [1.29, 1.82) is 0 Å². The number of benzene rings is 2. The van der Waals surface area contributed by atoms with E-state index < -0.39 is 16.6 Å². The number of nitro benzene ring substituents is 1. The second kappa shape index (κ2) is 8.36. The molecule has 2 aromatic carbocycles. The molecule has 2 rings (SSSR count). The molecule has 0 aliphatic carbocycles. The smallest absolute Gasteiger partial charge is 0.271 e. The highest BCUT2D eigenvalue weighted by Crippen LogP contribution is 2.19. The number of non-ortho nitro benzene ring substituents is 1. The summed E-state index contributed by atoms with van der Waals surface area (Å²) in [7, 11) is 0. The number of carbonyl (C=O) groups excluding carboxylic acids is 1. The molecule has 0 atom stereocenters. The van der Waals surface area contributed by atoms with Crippen LogP contribution in [-0.2, 0) is 11.2 Å². The van der Waals surface area contributed by atoms with Gasteiger partial charge in [-0.25, -0.2) is 4.39 Å². The van der Waals surface area contributed by atoms with Gasteiger partial charge in [0.1, 0.15) is 5.82 Å². The van der Waals surface area contributed by atoms with Gasteiger partial charge in [0.05, 0.1) is 11.3 Å². The molecule has 0 aliphatic heterocycles. The van der Waals surface area contributed by atoms with Gasteiger partial charge in [0.25, 0.3) is 5.69 Å². The first-order chi connectivity index (χ1) is 11.9. The summed E-state index contributed by atoms with van der Waals surface area (Å²) in [6, 6.07) is 9.81. The van der Waals surface area contributed by atoms with Crippen LogP contribution in [0.4, 0.5) is 15.8 Å². The molecule has 0 aliphatic rings. The van der Waals surface area contributed by atoms with Crippen LogP contribution in [0, 0.1) is 15.9 Å². The molecule has 0 bridgehead atoms. The Morgan fingerprint density at radius 3 is 2.64 bits per heavy atom. The number of hydrogen-bond acceptors (Lipinski definition) is 4. The predicted octanol–water partition coefficient (Wildman–Crippen LogP) is 2.95. The first-order valence-electron chi connectivity index (χ1n) is 6.90. The molecule has 0 spiro atoms. The normalized spacial score (nSPS) is 10.0. The molecule has 0 fully saturated rings. The van der Waals surface area contributed by atoms with Crippen molar-refractivity contribution in [2.24, 2.45) is 0 Å². The molecule has 0 saturated heterocycles. The number of nitrogens with one attached hydrogen (secondary N) is 3. The first kappa shape index (κ1) is 18.6. The molecule has 0 heterocycles. The molecule has 1 amide bonds. The van der Waals surface area contributed by atoms with Crippen LogP contribution in [0.3, 0.4) is 0 Å². The third-order valence-electron chi connectivity index (χ3n) is 3.03. The van der Waals surface area contributed by atoms with Gasteiger partial charge in [0, 0.05) is 28.4 Å². The molecule has 130 valence electrons. The molecule has 2 aromatic rings. The summed E-state index contributed by atoms with van der Waals surface area (Å²) in [5, 5.41) is 13.5. The fraction of sp³-hybridized carbons (Fsp3) is 0.0667. The molecule has 0 radical (unpaired) electrons. The van der Waals surface area contributed by atoms with E-state index in [1.165, 1.54) is 36.4 Å². The van der Waals surface area contributed by atoms with Crippen LogP contribution in [0.15, 0.2) is 42.5 Å². The van der Waals surface area contributed by atoms with Crippen molar-refractivity contribution < 1.29 is 14.1 Å². The topological polar surface area (TPSA) is 96.3 Å². The van der Waals surface area contributed by atoms with E-state index in [1.54, 1.807) is 6.07 Å². The molecule has 0 unspecified atom stereocenters.